The number of carbonyl (C=O) groups is 1. The zero-order chi connectivity index (χ0) is 14.7. The molecule has 2 amide bonds. The molecule has 0 saturated heterocycles. The lowest BCUT2D eigenvalue weighted by Gasteiger charge is -2.20. The molecule has 0 spiro atoms. The van der Waals surface area contributed by atoms with Gasteiger partial charge in [0.1, 0.15) is 6.33 Å². The zero-order valence-electron chi connectivity index (χ0n) is 12.1. The quantitative estimate of drug-likeness (QED) is 0.939. The summed E-state index contributed by atoms with van der Waals surface area (Å²) in [6.45, 7) is 4.56. The lowest BCUT2D eigenvalue weighted by molar-refractivity contribution is 0.203. The van der Waals surface area contributed by atoms with Crippen molar-refractivity contribution in [2.24, 2.45) is 7.05 Å². The van der Waals surface area contributed by atoms with Crippen molar-refractivity contribution in [2.45, 2.75) is 26.4 Å². The van der Waals surface area contributed by atoms with Crippen LogP contribution < -0.4 is 5.32 Å². The van der Waals surface area contributed by atoms with E-state index >= 15 is 0 Å². The minimum absolute atomic E-state index is 0.117. The monoisotopic (exact) mass is 293 g/mol. The second kappa shape index (κ2) is 6.04. The van der Waals surface area contributed by atoms with Gasteiger partial charge in [0.2, 0.25) is 0 Å². The molecular formula is C13H19N5OS. The van der Waals surface area contributed by atoms with E-state index in [9.17, 15) is 4.79 Å². The van der Waals surface area contributed by atoms with Crippen molar-refractivity contribution in [1.82, 2.24) is 25.0 Å². The third kappa shape index (κ3) is 3.16. The summed E-state index contributed by atoms with van der Waals surface area (Å²) < 4.78 is 1.80. The van der Waals surface area contributed by atoms with Crippen molar-refractivity contribution < 1.29 is 4.79 Å². The SMILES string of the molecule is Cc1ccsc1CN(C)C(=O)N[C@@H](C)c1nncn1C. The van der Waals surface area contributed by atoms with Crippen molar-refractivity contribution in [3.63, 3.8) is 0 Å². The second-order valence-electron chi connectivity index (χ2n) is 4.85. The van der Waals surface area contributed by atoms with E-state index in [0.717, 1.165) is 5.82 Å². The Morgan fingerprint density at radius 1 is 1.60 bits per heavy atom. The molecule has 0 radical (unpaired) electrons. The summed E-state index contributed by atoms with van der Waals surface area (Å²) in [7, 11) is 3.65. The number of nitrogens with zero attached hydrogens (tertiary/aromatic N) is 4. The summed E-state index contributed by atoms with van der Waals surface area (Å²) in [6, 6.07) is 1.77. The van der Waals surface area contributed by atoms with Crippen LogP contribution in [0.15, 0.2) is 17.8 Å². The third-order valence-corrected chi connectivity index (χ3v) is 4.18. The molecule has 0 aromatic carbocycles. The molecular weight excluding hydrogens is 274 g/mol. The number of hydrogen-bond acceptors (Lipinski definition) is 4. The number of aromatic nitrogens is 3. The number of nitrogens with one attached hydrogen (secondary N) is 1. The molecule has 0 aliphatic carbocycles. The van der Waals surface area contributed by atoms with Gasteiger partial charge in [-0.25, -0.2) is 4.79 Å². The van der Waals surface area contributed by atoms with Crippen LogP contribution in [0, 0.1) is 6.92 Å². The predicted octanol–water partition coefficient (Wildman–Crippen LogP) is 2.09. The second-order valence-corrected chi connectivity index (χ2v) is 5.85. The van der Waals surface area contributed by atoms with Gasteiger partial charge >= 0.3 is 6.03 Å². The number of hydrogen-bond donors (Lipinski definition) is 1. The highest BCUT2D eigenvalue weighted by Crippen LogP contribution is 2.17. The molecule has 0 aliphatic heterocycles. The largest absolute Gasteiger partial charge is 0.328 e. The summed E-state index contributed by atoms with van der Waals surface area (Å²) in [5, 5.41) is 12.8. The van der Waals surface area contributed by atoms with Gasteiger partial charge in [0.25, 0.3) is 0 Å². The first kappa shape index (κ1) is 14.5. The van der Waals surface area contributed by atoms with Crippen molar-refractivity contribution in [3.8, 4) is 0 Å². The molecule has 0 fully saturated rings. The Balaban J connectivity index is 1.94. The first-order chi connectivity index (χ1) is 9.49. The molecule has 2 heterocycles. The van der Waals surface area contributed by atoms with Gasteiger partial charge in [-0.15, -0.1) is 21.5 Å². The van der Waals surface area contributed by atoms with Crippen LogP contribution in [0.2, 0.25) is 0 Å². The third-order valence-electron chi connectivity index (χ3n) is 3.17. The number of urea groups is 1. The Labute approximate surface area is 122 Å². The van der Waals surface area contributed by atoms with Crippen LogP contribution in [0.3, 0.4) is 0 Å². The normalized spacial score (nSPS) is 12.2. The fourth-order valence-electron chi connectivity index (χ4n) is 1.90. The molecule has 6 nitrogen and oxygen atoms in total. The number of rotatable bonds is 4. The van der Waals surface area contributed by atoms with Gasteiger partial charge in [0, 0.05) is 19.0 Å². The van der Waals surface area contributed by atoms with Crippen LogP contribution in [-0.4, -0.2) is 32.7 Å². The van der Waals surface area contributed by atoms with Crippen molar-refractivity contribution in [3.05, 3.63) is 34.0 Å². The maximum atomic E-state index is 12.2. The van der Waals surface area contributed by atoms with Crippen molar-refractivity contribution >= 4 is 17.4 Å². The topological polar surface area (TPSA) is 63.1 Å². The summed E-state index contributed by atoms with van der Waals surface area (Å²) >= 11 is 1.67. The molecule has 0 aliphatic rings. The molecule has 1 atom stereocenters. The van der Waals surface area contributed by atoms with Gasteiger partial charge in [0.15, 0.2) is 5.82 Å². The minimum atomic E-state index is -0.179. The highest BCUT2D eigenvalue weighted by Gasteiger charge is 2.17. The van der Waals surface area contributed by atoms with Crippen molar-refractivity contribution in [2.75, 3.05) is 7.05 Å². The standard InChI is InChI=1S/C13H19N5OS/c1-9-5-6-20-11(9)7-17(3)13(19)15-10(2)12-16-14-8-18(12)4/h5-6,8,10H,7H2,1-4H3,(H,15,19)/t10-/m0/s1. The predicted molar refractivity (Wildman–Crippen MR) is 78.5 cm³/mol. The Morgan fingerprint density at radius 2 is 2.35 bits per heavy atom. The minimum Gasteiger partial charge on any atom is -0.328 e. The summed E-state index contributed by atoms with van der Waals surface area (Å²) in [6.07, 6.45) is 1.62. The van der Waals surface area contributed by atoms with E-state index in [1.54, 1.807) is 34.2 Å². The van der Waals surface area contributed by atoms with Gasteiger partial charge in [-0.2, -0.15) is 0 Å². The van der Waals surface area contributed by atoms with Crippen LogP contribution >= 0.6 is 11.3 Å². The van der Waals surface area contributed by atoms with Crippen molar-refractivity contribution in [1.29, 1.82) is 0 Å². The number of thiophene rings is 1. The average molecular weight is 293 g/mol. The highest BCUT2D eigenvalue weighted by atomic mass is 32.1. The van der Waals surface area contributed by atoms with Crippen LogP contribution in [-0.2, 0) is 13.6 Å². The van der Waals surface area contributed by atoms with Gasteiger partial charge in [-0.1, -0.05) is 0 Å². The van der Waals surface area contributed by atoms with E-state index in [4.69, 9.17) is 0 Å². The van der Waals surface area contributed by atoms with Crippen LogP contribution in [0.1, 0.15) is 29.2 Å². The Morgan fingerprint density at radius 3 is 2.90 bits per heavy atom. The molecule has 0 bridgehead atoms. The van der Waals surface area contributed by atoms with E-state index < -0.39 is 0 Å². The first-order valence-corrected chi connectivity index (χ1v) is 7.25. The van der Waals surface area contributed by atoms with E-state index in [-0.39, 0.29) is 12.1 Å². The van der Waals surface area contributed by atoms with E-state index in [2.05, 4.69) is 28.5 Å². The number of amides is 2. The molecule has 0 saturated carbocycles. The first-order valence-electron chi connectivity index (χ1n) is 6.37. The van der Waals surface area contributed by atoms with E-state index in [1.807, 2.05) is 19.4 Å². The molecule has 20 heavy (non-hydrogen) atoms. The Hall–Kier alpha value is -1.89. The lowest BCUT2D eigenvalue weighted by Crippen LogP contribution is -2.38. The van der Waals surface area contributed by atoms with E-state index in [1.165, 1.54) is 10.4 Å². The summed E-state index contributed by atoms with van der Waals surface area (Å²) in [4.78, 5) is 15.0. The average Bonchev–Trinajstić information content (AvgIpc) is 2.99. The Kier molecular flexibility index (Phi) is 4.39. The van der Waals surface area contributed by atoms with Gasteiger partial charge in [0.05, 0.1) is 12.6 Å². The highest BCUT2D eigenvalue weighted by molar-refractivity contribution is 7.10. The molecule has 108 valence electrons. The number of aryl methyl sites for hydroxylation is 2. The summed E-state index contributed by atoms with van der Waals surface area (Å²) in [5.74, 6) is 0.735. The molecule has 1 N–H and O–H groups in total. The molecule has 2 aromatic heterocycles. The fourth-order valence-corrected chi connectivity index (χ4v) is 2.86. The van der Waals surface area contributed by atoms with E-state index in [0.29, 0.717) is 6.54 Å². The smallest absolute Gasteiger partial charge is 0.318 e. The fraction of sp³-hybridized carbons (Fsp3) is 0.462. The lowest BCUT2D eigenvalue weighted by atomic mass is 10.3. The molecule has 2 aromatic rings. The van der Waals surface area contributed by atoms with Gasteiger partial charge in [-0.3, -0.25) is 0 Å². The van der Waals surface area contributed by atoms with Crippen LogP contribution in [0.5, 0.6) is 0 Å². The maximum Gasteiger partial charge on any atom is 0.318 e. The summed E-state index contributed by atoms with van der Waals surface area (Å²) in [5.41, 5.74) is 1.22. The number of carbonyl (C=O) groups excluding carboxylic acids is 1. The van der Waals surface area contributed by atoms with Crippen LogP contribution in [0.25, 0.3) is 0 Å². The molecule has 7 heteroatoms. The zero-order valence-corrected chi connectivity index (χ0v) is 12.9. The maximum absolute atomic E-state index is 12.2. The van der Waals surface area contributed by atoms with Gasteiger partial charge < -0.3 is 14.8 Å². The molecule has 0 unspecified atom stereocenters. The molecule has 2 rings (SSSR count). The van der Waals surface area contributed by atoms with Crippen LogP contribution in [0.4, 0.5) is 4.79 Å². The van der Waals surface area contributed by atoms with Gasteiger partial charge in [-0.05, 0) is 30.9 Å². The Bertz CT molecular complexity index is 591.